The lowest BCUT2D eigenvalue weighted by Crippen LogP contribution is -2.46. The van der Waals surface area contributed by atoms with Crippen molar-refractivity contribution in [1.82, 2.24) is 15.4 Å². The zero-order valence-electron chi connectivity index (χ0n) is 14.2. The molecule has 1 fully saturated rings. The average molecular weight is 347 g/mol. The molecule has 1 aromatic rings. The zero-order chi connectivity index (χ0) is 17.9. The Bertz CT molecular complexity index is 552. The number of likely N-dealkylation sites (tertiary alicyclic amines) is 1. The summed E-state index contributed by atoms with van der Waals surface area (Å²) in [6.45, 7) is 5.64. The number of carbonyl (C=O) groups is 1. The number of nitrogens with one attached hydrogen (secondary N) is 1. The molecule has 1 aliphatic rings. The lowest BCUT2D eigenvalue weighted by atomic mass is 9.96. The topological polar surface area (TPSA) is 58.4 Å². The third-order valence-corrected chi connectivity index (χ3v) is 4.44. The molecular weight excluding hydrogens is 323 g/mol. The van der Waals surface area contributed by atoms with E-state index in [0.29, 0.717) is 25.9 Å². The number of alkyl halides is 3. The van der Waals surface area contributed by atoms with E-state index >= 15 is 0 Å². The number of rotatable bonds is 5. The van der Waals surface area contributed by atoms with Gasteiger partial charge < -0.3 is 9.84 Å². The molecule has 5 nitrogen and oxygen atoms in total. The highest BCUT2D eigenvalue weighted by Gasteiger charge is 2.34. The predicted molar refractivity (Wildman–Crippen MR) is 82.6 cm³/mol. The Kier molecular flexibility index (Phi) is 5.90. The van der Waals surface area contributed by atoms with Gasteiger partial charge in [-0.15, -0.1) is 0 Å². The van der Waals surface area contributed by atoms with Gasteiger partial charge in [-0.05, 0) is 33.2 Å². The number of aromatic nitrogens is 1. The standard InChI is InChI=1S/C16H24F3N3O2/c1-10(14-11(2)21-24-12(14)3)7-20-15(23)13-5-4-6-22(8-13)9-16(17,18)19/h10,13H,4-9H2,1-3H3,(H,20,23)/t10-,13+/m1/s1. The lowest BCUT2D eigenvalue weighted by molar-refractivity contribution is -0.152. The Hall–Kier alpha value is -1.57. The number of halogens is 3. The first-order chi connectivity index (χ1) is 11.2. The van der Waals surface area contributed by atoms with Crippen molar-refractivity contribution >= 4 is 5.91 Å². The molecule has 8 heteroatoms. The van der Waals surface area contributed by atoms with Gasteiger partial charge in [-0.3, -0.25) is 9.69 Å². The van der Waals surface area contributed by atoms with E-state index in [9.17, 15) is 18.0 Å². The average Bonchev–Trinajstić information content (AvgIpc) is 2.82. The minimum Gasteiger partial charge on any atom is -0.361 e. The van der Waals surface area contributed by atoms with Gasteiger partial charge in [0.05, 0.1) is 18.2 Å². The fraction of sp³-hybridized carbons (Fsp3) is 0.750. The van der Waals surface area contributed by atoms with E-state index in [4.69, 9.17) is 4.52 Å². The molecule has 0 radical (unpaired) electrons. The Morgan fingerprint density at radius 2 is 2.17 bits per heavy atom. The maximum Gasteiger partial charge on any atom is 0.401 e. The highest BCUT2D eigenvalue weighted by atomic mass is 19.4. The van der Waals surface area contributed by atoms with Crippen molar-refractivity contribution in [3.8, 4) is 0 Å². The van der Waals surface area contributed by atoms with Crippen molar-refractivity contribution in [1.29, 1.82) is 0 Å². The number of hydrogen-bond donors (Lipinski definition) is 1. The summed E-state index contributed by atoms with van der Waals surface area (Å²) in [5.74, 6) is 0.191. The van der Waals surface area contributed by atoms with Gasteiger partial charge in [-0.1, -0.05) is 12.1 Å². The molecule has 0 bridgehead atoms. The Morgan fingerprint density at radius 3 is 2.75 bits per heavy atom. The van der Waals surface area contributed by atoms with Gasteiger partial charge in [0, 0.05) is 24.6 Å². The van der Waals surface area contributed by atoms with Gasteiger partial charge in [0.15, 0.2) is 0 Å². The molecule has 0 aromatic carbocycles. The van der Waals surface area contributed by atoms with E-state index in [2.05, 4.69) is 10.5 Å². The normalized spacial score (nSPS) is 20.8. The smallest absolute Gasteiger partial charge is 0.361 e. The van der Waals surface area contributed by atoms with Gasteiger partial charge >= 0.3 is 6.18 Å². The molecular formula is C16H24F3N3O2. The fourth-order valence-corrected chi connectivity index (χ4v) is 3.36. The SMILES string of the molecule is Cc1noc(C)c1[C@H](C)CNC(=O)[C@H]1CCCN(CC(F)(F)F)C1. The molecule has 2 atom stereocenters. The van der Waals surface area contributed by atoms with Crippen LogP contribution in [0.2, 0.25) is 0 Å². The highest BCUT2D eigenvalue weighted by molar-refractivity contribution is 5.79. The van der Waals surface area contributed by atoms with Crippen molar-refractivity contribution in [2.24, 2.45) is 5.92 Å². The van der Waals surface area contributed by atoms with Crippen LogP contribution in [0.15, 0.2) is 4.52 Å². The van der Waals surface area contributed by atoms with Crippen LogP contribution in [0.3, 0.4) is 0 Å². The van der Waals surface area contributed by atoms with Crippen LogP contribution in [0.25, 0.3) is 0 Å². The molecule has 1 aromatic heterocycles. The molecule has 2 heterocycles. The van der Waals surface area contributed by atoms with E-state index in [1.54, 1.807) is 0 Å². The van der Waals surface area contributed by atoms with Gasteiger partial charge in [0.1, 0.15) is 5.76 Å². The Morgan fingerprint density at radius 1 is 1.46 bits per heavy atom. The van der Waals surface area contributed by atoms with Crippen LogP contribution in [0.5, 0.6) is 0 Å². The minimum atomic E-state index is -4.23. The molecule has 0 aliphatic carbocycles. The molecule has 1 aliphatic heterocycles. The van der Waals surface area contributed by atoms with Gasteiger partial charge in [-0.2, -0.15) is 13.2 Å². The van der Waals surface area contributed by atoms with E-state index in [0.717, 1.165) is 17.0 Å². The number of nitrogens with zero attached hydrogens (tertiary/aromatic N) is 2. The first kappa shape index (κ1) is 18.8. The Balaban J connectivity index is 1.86. The minimum absolute atomic E-state index is 0.0371. The van der Waals surface area contributed by atoms with Crippen LogP contribution in [0.4, 0.5) is 13.2 Å². The third kappa shape index (κ3) is 4.96. The van der Waals surface area contributed by atoms with Crippen molar-refractivity contribution in [3.05, 3.63) is 17.0 Å². The van der Waals surface area contributed by atoms with Crippen LogP contribution < -0.4 is 5.32 Å². The molecule has 1 saturated heterocycles. The zero-order valence-corrected chi connectivity index (χ0v) is 14.2. The number of aryl methyl sites for hydroxylation is 2. The van der Waals surface area contributed by atoms with E-state index in [1.807, 2.05) is 20.8 Å². The quantitative estimate of drug-likeness (QED) is 0.890. The predicted octanol–water partition coefficient (Wildman–Crippen LogP) is 2.79. The first-order valence-electron chi connectivity index (χ1n) is 8.17. The van der Waals surface area contributed by atoms with Crippen LogP contribution in [0, 0.1) is 19.8 Å². The molecule has 136 valence electrons. The van der Waals surface area contributed by atoms with Crippen molar-refractivity contribution in [2.75, 3.05) is 26.2 Å². The van der Waals surface area contributed by atoms with Gasteiger partial charge in [-0.25, -0.2) is 0 Å². The molecule has 1 N–H and O–H groups in total. The van der Waals surface area contributed by atoms with Crippen LogP contribution >= 0.6 is 0 Å². The first-order valence-corrected chi connectivity index (χ1v) is 8.17. The van der Waals surface area contributed by atoms with E-state index in [1.165, 1.54) is 4.90 Å². The molecule has 0 unspecified atom stereocenters. The molecule has 24 heavy (non-hydrogen) atoms. The maximum atomic E-state index is 12.5. The number of carbonyl (C=O) groups excluding carboxylic acids is 1. The number of piperidine rings is 1. The van der Waals surface area contributed by atoms with Crippen molar-refractivity contribution in [2.45, 2.75) is 45.7 Å². The maximum absolute atomic E-state index is 12.5. The summed E-state index contributed by atoms with van der Waals surface area (Å²) in [6.07, 6.45) is -3.00. The van der Waals surface area contributed by atoms with Gasteiger partial charge in [0.2, 0.25) is 5.91 Å². The molecule has 2 rings (SSSR count). The van der Waals surface area contributed by atoms with Crippen LogP contribution in [-0.2, 0) is 4.79 Å². The number of amides is 1. The summed E-state index contributed by atoms with van der Waals surface area (Å²) < 4.78 is 42.6. The Labute approximate surface area is 139 Å². The summed E-state index contributed by atoms with van der Waals surface area (Å²) in [6, 6.07) is 0. The molecule has 0 saturated carbocycles. The summed E-state index contributed by atoms with van der Waals surface area (Å²) >= 11 is 0. The second-order valence-electron chi connectivity index (χ2n) is 6.57. The van der Waals surface area contributed by atoms with Crippen LogP contribution in [0.1, 0.15) is 42.7 Å². The summed E-state index contributed by atoms with van der Waals surface area (Å²) in [7, 11) is 0. The highest BCUT2D eigenvalue weighted by Crippen LogP contribution is 2.24. The monoisotopic (exact) mass is 347 g/mol. The fourth-order valence-electron chi connectivity index (χ4n) is 3.36. The van der Waals surface area contributed by atoms with Crippen molar-refractivity contribution < 1.29 is 22.5 Å². The van der Waals surface area contributed by atoms with Crippen molar-refractivity contribution in [3.63, 3.8) is 0 Å². The molecule has 1 amide bonds. The van der Waals surface area contributed by atoms with Gasteiger partial charge in [0.25, 0.3) is 0 Å². The van der Waals surface area contributed by atoms with Crippen LogP contribution in [-0.4, -0.2) is 48.3 Å². The van der Waals surface area contributed by atoms with E-state index < -0.39 is 18.6 Å². The second kappa shape index (κ2) is 7.55. The third-order valence-electron chi connectivity index (χ3n) is 4.44. The van der Waals surface area contributed by atoms with E-state index in [-0.39, 0.29) is 18.4 Å². The lowest BCUT2D eigenvalue weighted by Gasteiger charge is -2.32. The number of hydrogen-bond acceptors (Lipinski definition) is 4. The largest absolute Gasteiger partial charge is 0.401 e. The second-order valence-corrected chi connectivity index (χ2v) is 6.57. The summed E-state index contributed by atoms with van der Waals surface area (Å²) in [5.41, 5.74) is 1.76. The molecule has 0 spiro atoms. The summed E-state index contributed by atoms with van der Waals surface area (Å²) in [4.78, 5) is 13.6. The summed E-state index contributed by atoms with van der Waals surface area (Å²) in [5, 5.41) is 6.76.